The van der Waals surface area contributed by atoms with Crippen LogP contribution in [-0.2, 0) is 4.74 Å². The summed E-state index contributed by atoms with van der Waals surface area (Å²) in [6.07, 6.45) is 6.61. The summed E-state index contributed by atoms with van der Waals surface area (Å²) >= 11 is 0. The third kappa shape index (κ3) is 3.27. The van der Waals surface area contributed by atoms with Gasteiger partial charge in [-0.15, -0.1) is 0 Å². The highest BCUT2D eigenvalue weighted by Gasteiger charge is 2.40. The molecule has 3 fully saturated rings. The summed E-state index contributed by atoms with van der Waals surface area (Å²) in [5.41, 5.74) is 2.06. The molecule has 130 valence electrons. The minimum absolute atomic E-state index is 0.0519. The molecule has 24 heavy (non-hydrogen) atoms. The van der Waals surface area contributed by atoms with Crippen LogP contribution in [0.4, 0.5) is 4.79 Å². The lowest BCUT2D eigenvalue weighted by Crippen LogP contribution is -2.50. The molecule has 0 bridgehead atoms. The van der Waals surface area contributed by atoms with Gasteiger partial charge < -0.3 is 15.0 Å². The van der Waals surface area contributed by atoms with Gasteiger partial charge in [-0.05, 0) is 63.5 Å². The molecule has 5 nitrogen and oxygen atoms in total. The van der Waals surface area contributed by atoms with E-state index >= 15 is 0 Å². The van der Waals surface area contributed by atoms with E-state index in [2.05, 4.69) is 10.3 Å². The van der Waals surface area contributed by atoms with Gasteiger partial charge in [-0.2, -0.15) is 0 Å². The molecule has 2 amide bonds. The zero-order valence-corrected chi connectivity index (χ0v) is 14.5. The highest BCUT2D eigenvalue weighted by atomic mass is 16.5. The number of urea groups is 1. The van der Waals surface area contributed by atoms with Crippen molar-refractivity contribution in [2.75, 3.05) is 19.7 Å². The van der Waals surface area contributed by atoms with E-state index in [-0.39, 0.29) is 17.7 Å². The summed E-state index contributed by atoms with van der Waals surface area (Å²) in [5.74, 6) is 0.539. The van der Waals surface area contributed by atoms with Gasteiger partial charge in [0.05, 0.1) is 17.3 Å². The molecule has 0 aromatic carbocycles. The molecule has 5 heteroatoms. The van der Waals surface area contributed by atoms with Crippen molar-refractivity contribution in [2.24, 2.45) is 5.92 Å². The van der Waals surface area contributed by atoms with Gasteiger partial charge in [0, 0.05) is 25.4 Å². The van der Waals surface area contributed by atoms with Crippen LogP contribution in [-0.4, -0.2) is 41.2 Å². The normalized spacial score (nSPS) is 24.1. The fourth-order valence-electron chi connectivity index (χ4n) is 4.09. The predicted octanol–water partition coefficient (Wildman–Crippen LogP) is 3.20. The third-order valence-corrected chi connectivity index (χ3v) is 5.75. The standard InChI is InChI=1S/C19H27N3O2/c1-14-4-2-5-16(20-14)17(15-6-7-15)21-18(23)22-11-9-19(10-12-22)8-3-13-24-19/h2,4-5,15,17H,3,6-13H2,1H3,(H,21,23). The Bertz CT molecular complexity index is 598. The Morgan fingerprint density at radius 1 is 1.33 bits per heavy atom. The van der Waals surface area contributed by atoms with Crippen LogP contribution in [0, 0.1) is 12.8 Å². The first-order valence-electron chi connectivity index (χ1n) is 9.28. The first-order chi connectivity index (χ1) is 11.7. The quantitative estimate of drug-likeness (QED) is 0.926. The number of hydrogen-bond donors (Lipinski definition) is 1. The van der Waals surface area contributed by atoms with Gasteiger partial charge in [0.25, 0.3) is 0 Å². The van der Waals surface area contributed by atoms with E-state index in [0.717, 1.165) is 56.8 Å². The number of rotatable bonds is 3. The number of aryl methyl sites for hydroxylation is 1. The topological polar surface area (TPSA) is 54.5 Å². The lowest BCUT2D eigenvalue weighted by Gasteiger charge is -2.39. The molecule has 2 saturated heterocycles. The Morgan fingerprint density at radius 2 is 2.12 bits per heavy atom. The number of carbonyl (C=O) groups is 1. The molecule has 0 radical (unpaired) electrons. The highest BCUT2D eigenvalue weighted by Crippen LogP contribution is 2.41. The van der Waals surface area contributed by atoms with E-state index in [1.807, 2.05) is 30.0 Å². The molecule has 1 N–H and O–H groups in total. The fourth-order valence-corrected chi connectivity index (χ4v) is 4.09. The van der Waals surface area contributed by atoms with Gasteiger partial charge in [0.2, 0.25) is 0 Å². The molecule has 4 rings (SSSR count). The fraction of sp³-hybridized carbons (Fsp3) is 0.684. The summed E-state index contributed by atoms with van der Waals surface area (Å²) in [6, 6.07) is 6.18. The molecular weight excluding hydrogens is 302 g/mol. The number of hydrogen-bond acceptors (Lipinski definition) is 3. The maximum absolute atomic E-state index is 12.7. The smallest absolute Gasteiger partial charge is 0.317 e. The summed E-state index contributed by atoms with van der Waals surface area (Å²) in [7, 11) is 0. The average Bonchev–Trinajstić information content (AvgIpc) is 3.34. The van der Waals surface area contributed by atoms with Crippen LogP contribution in [0.1, 0.15) is 56.0 Å². The Kier molecular flexibility index (Phi) is 4.21. The van der Waals surface area contributed by atoms with E-state index in [1.165, 1.54) is 12.8 Å². The van der Waals surface area contributed by atoms with Crippen molar-refractivity contribution >= 4 is 6.03 Å². The maximum atomic E-state index is 12.7. The van der Waals surface area contributed by atoms with Crippen molar-refractivity contribution < 1.29 is 9.53 Å². The van der Waals surface area contributed by atoms with Gasteiger partial charge in [-0.25, -0.2) is 4.79 Å². The van der Waals surface area contributed by atoms with Crippen LogP contribution < -0.4 is 5.32 Å². The molecule has 1 atom stereocenters. The van der Waals surface area contributed by atoms with E-state index in [9.17, 15) is 4.79 Å². The van der Waals surface area contributed by atoms with Crippen molar-refractivity contribution in [2.45, 2.75) is 57.1 Å². The lowest BCUT2D eigenvalue weighted by atomic mass is 9.89. The second-order valence-corrected chi connectivity index (χ2v) is 7.59. The zero-order valence-electron chi connectivity index (χ0n) is 14.5. The van der Waals surface area contributed by atoms with E-state index in [1.54, 1.807) is 0 Å². The second kappa shape index (κ2) is 6.36. The van der Waals surface area contributed by atoms with E-state index < -0.39 is 0 Å². The maximum Gasteiger partial charge on any atom is 0.317 e. The third-order valence-electron chi connectivity index (χ3n) is 5.75. The molecule has 3 aliphatic rings. The Balaban J connectivity index is 1.39. The Morgan fingerprint density at radius 3 is 2.75 bits per heavy atom. The van der Waals surface area contributed by atoms with E-state index in [4.69, 9.17) is 4.74 Å². The summed E-state index contributed by atoms with van der Waals surface area (Å²) < 4.78 is 5.95. The van der Waals surface area contributed by atoms with Gasteiger partial charge >= 0.3 is 6.03 Å². The first-order valence-corrected chi connectivity index (χ1v) is 9.28. The van der Waals surface area contributed by atoms with Crippen LogP contribution in [0.25, 0.3) is 0 Å². The molecule has 1 aliphatic carbocycles. The van der Waals surface area contributed by atoms with E-state index in [0.29, 0.717) is 5.92 Å². The number of pyridine rings is 1. The minimum atomic E-state index is 0.0519. The molecule has 1 aromatic rings. The van der Waals surface area contributed by atoms with Crippen LogP contribution in [0.5, 0.6) is 0 Å². The SMILES string of the molecule is Cc1cccc(C(NC(=O)N2CCC3(CCCO3)CC2)C2CC2)n1. The number of nitrogens with zero attached hydrogens (tertiary/aromatic N) is 2. The lowest BCUT2D eigenvalue weighted by molar-refractivity contribution is -0.0363. The number of aromatic nitrogens is 1. The van der Waals surface area contributed by atoms with Crippen molar-refractivity contribution in [3.8, 4) is 0 Å². The van der Waals surface area contributed by atoms with Crippen LogP contribution >= 0.6 is 0 Å². The highest BCUT2D eigenvalue weighted by molar-refractivity contribution is 5.75. The van der Waals surface area contributed by atoms with Crippen molar-refractivity contribution in [3.63, 3.8) is 0 Å². The number of nitrogens with one attached hydrogen (secondary N) is 1. The second-order valence-electron chi connectivity index (χ2n) is 7.59. The number of amides is 2. The molecule has 3 heterocycles. The van der Waals surface area contributed by atoms with Crippen LogP contribution in [0.2, 0.25) is 0 Å². The van der Waals surface area contributed by atoms with Crippen LogP contribution in [0.15, 0.2) is 18.2 Å². The Hall–Kier alpha value is -1.62. The average molecular weight is 329 g/mol. The van der Waals surface area contributed by atoms with Crippen molar-refractivity contribution in [3.05, 3.63) is 29.6 Å². The van der Waals surface area contributed by atoms with Gasteiger partial charge in [0.1, 0.15) is 0 Å². The molecule has 1 saturated carbocycles. The monoisotopic (exact) mass is 329 g/mol. The van der Waals surface area contributed by atoms with Crippen molar-refractivity contribution in [1.82, 2.24) is 15.2 Å². The summed E-state index contributed by atoms with van der Waals surface area (Å²) in [5, 5.41) is 3.25. The molecule has 1 aromatic heterocycles. The minimum Gasteiger partial charge on any atom is -0.375 e. The molecule has 2 aliphatic heterocycles. The van der Waals surface area contributed by atoms with Crippen molar-refractivity contribution in [1.29, 1.82) is 0 Å². The van der Waals surface area contributed by atoms with Gasteiger partial charge in [0.15, 0.2) is 0 Å². The van der Waals surface area contributed by atoms with Gasteiger partial charge in [-0.1, -0.05) is 6.07 Å². The summed E-state index contributed by atoms with van der Waals surface area (Å²) in [6.45, 7) is 4.48. The zero-order chi connectivity index (χ0) is 16.6. The van der Waals surface area contributed by atoms with Gasteiger partial charge in [-0.3, -0.25) is 4.98 Å². The Labute approximate surface area is 143 Å². The molecule has 1 unspecified atom stereocenters. The molecular formula is C19H27N3O2. The number of likely N-dealkylation sites (tertiary alicyclic amines) is 1. The molecule has 1 spiro atoms. The summed E-state index contributed by atoms with van der Waals surface area (Å²) in [4.78, 5) is 19.3. The number of piperidine rings is 1. The first kappa shape index (κ1) is 15.9. The number of carbonyl (C=O) groups excluding carboxylic acids is 1. The number of ether oxygens (including phenoxy) is 1. The predicted molar refractivity (Wildman–Crippen MR) is 91.7 cm³/mol. The van der Waals surface area contributed by atoms with Crippen LogP contribution in [0.3, 0.4) is 0 Å². The largest absolute Gasteiger partial charge is 0.375 e.